The van der Waals surface area contributed by atoms with Crippen LogP contribution in [-0.2, 0) is 57.8 Å². The molecule has 4 bridgehead atoms. The number of Topliss-reactive ketones (excluding diaryl/α,β-unsaturated/α-hetero) is 2. The summed E-state index contributed by atoms with van der Waals surface area (Å²) in [7, 11) is 0. The third-order valence-electron chi connectivity index (χ3n) is 17.1. The molecule has 440 valence electrons. The number of hydrogen-bond acceptors (Lipinski definition) is 17. The largest absolute Gasteiger partial charge is 0.482 e. The average molecular weight is 1130 g/mol. The third kappa shape index (κ3) is 11.1. The lowest BCUT2D eigenvalue weighted by Gasteiger charge is -2.63. The molecule has 3 saturated carbocycles. The van der Waals surface area contributed by atoms with Crippen molar-refractivity contribution in [3.05, 3.63) is 130 Å². The Hall–Kier alpha value is -6.51. The van der Waals surface area contributed by atoms with Crippen LogP contribution in [-0.4, -0.2) is 128 Å². The van der Waals surface area contributed by atoms with Crippen molar-refractivity contribution in [2.24, 2.45) is 17.8 Å². The van der Waals surface area contributed by atoms with Crippen molar-refractivity contribution >= 4 is 35.5 Å². The summed E-state index contributed by atoms with van der Waals surface area (Å²) in [5.41, 5.74) is -1.66. The Morgan fingerprint density at radius 2 is 1.41 bits per heavy atom. The Bertz CT molecular complexity index is 3070. The van der Waals surface area contributed by atoms with Crippen molar-refractivity contribution in [2.45, 2.75) is 186 Å². The topological polar surface area (TPSA) is 255 Å². The van der Waals surface area contributed by atoms with Crippen LogP contribution in [0.3, 0.4) is 0 Å². The van der Waals surface area contributed by atoms with E-state index in [4.69, 9.17) is 33.2 Å². The van der Waals surface area contributed by atoms with Gasteiger partial charge in [-0.05, 0) is 118 Å². The first-order chi connectivity index (χ1) is 38.9. The van der Waals surface area contributed by atoms with Gasteiger partial charge in [0.2, 0.25) is 12.2 Å². The molecule has 3 aliphatic carbocycles. The molecule has 10 rings (SSSR count). The number of carbonyl (C=O) groups excluding carboxylic acids is 5. The van der Waals surface area contributed by atoms with E-state index in [-0.39, 0.29) is 66.4 Å². The fraction of sp³-hybridized carbons (Fsp3) is 0.516. The van der Waals surface area contributed by atoms with Crippen LogP contribution in [0.15, 0.2) is 102 Å². The zero-order chi connectivity index (χ0) is 59.2. The summed E-state index contributed by atoms with van der Waals surface area (Å²) in [6.45, 7) is 17.4. The van der Waals surface area contributed by atoms with E-state index in [0.717, 1.165) is 22.3 Å². The molecule has 18 nitrogen and oxygen atoms in total. The number of rotatable bonds is 20. The molecule has 14 atom stereocenters. The van der Waals surface area contributed by atoms with Crippen LogP contribution in [0.1, 0.15) is 128 Å². The van der Waals surface area contributed by atoms with Gasteiger partial charge in [-0.1, -0.05) is 90.0 Å². The molecule has 82 heavy (non-hydrogen) atoms. The molecule has 1 amide bonds. The lowest BCUT2D eigenvalue weighted by atomic mass is 9.45. The number of allylic oxidation sites excluding steroid dienone is 4. The van der Waals surface area contributed by atoms with E-state index in [1.54, 1.807) is 26.0 Å². The number of carbonyl (C=O) groups is 5. The van der Waals surface area contributed by atoms with Crippen molar-refractivity contribution in [3.8, 4) is 17.2 Å². The Labute approximate surface area is 478 Å². The molecule has 9 unspecified atom stereocenters. The Morgan fingerprint density at radius 1 is 0.793 bits per heavy atom. The number of benzene rings is 3. The van der Waals surface area contributed by atoms with Crippen LogP contribution in [0.25, 0.3) is 6.08 Å². The van der Waals surface area contributed by atoms with Gasteiger partial charge in [0, 0.05) is 35.4 Å². The van der Waals surface area contributed by atoms with E-state index in [0.29, 0.717) is 18.4 Å². The molecule has 1 spiro atoms. The molecule has 2 saturated heterocycles. The van der Waals surface area contributed by atoms with Crippen molar-refractivity contribution in [1.82, 2.24) is 10.6 Å². The Morgan fingerprint density at radius 3 is 2.02 bits per heavy atom. The standard InChI is InChI=1S/C64H78N2O16/c1-34(2)18-17-27-62(10)28-26-42-53(80-62)41(24-23-35(3)4)55-46(54(42)79-60-52(71)51(70)49(68)44(31-67)78-60)50(69)47-48(65-37(6)58(74)76-32-39-19-13-11-14-20-39)43-30-45-61(8,9)82-63(56(43)72,64(45,47)81-55)29-25-36(5)57(73)66-38(7)59(75)77-33-40-21-15-12-16-22-40/h11-16,18-23,25-26,28,37-38,43-45,47-49,51-52,60,65,67-68,70-71H,17,24,27,29-33H2,1-10H3,(H,66,73)/b36-25-/t37?,38?,43?,44-,45?,47?,48?,49-,51-,52-,60+,62?,63?,64?/m1/s1. The van der Waals surface area contributed by atoms with Crippen LogP contribution in [0.5, 0.6) is 17.2 Å². The SMILES string of the molecule is CC(C)=CCCC1(C)C=Cc2c(c(CC=C(C)C)c3c(c2O[C@@H]2O[C@H](CO)[C@@H](O)[C@@H](O)[C@H]2O)C(=O)C2C(NC(C)C(=O)OCc4ccccc4)C4CC5C(C)(C)OC(C/C=C(/C)C(=O)NC(C)C(=O)OCc6ccccc6)(C4=O)C25O3)O1. The molecule has 6 N–H and O–H groups in total. The molecule has 0 aromatic heterocycles. The van der Waals surface area contributed by atoms with E-state index in [1.807, 2.05) is 121 Å². The lowest BCUT2D eigenvalue weighted by molar-refractivity contribution is -0.277. The lowest BCUT2D eigenvalue weighted by Crippen LogP contribution is -2.82. The first-order valence-corrected chi connectivity index (χ1v) is 28.3. The first kappa shape index (κ1) is 60.1. The Kier molecular flexibility index (Phi) is 17.3. The van der Waals surface area contributed by atoms with Gasteiger partial charge in [-0.2, -0.15) is 0 Å². The molecule has 0 radical (unpaired) electrons. The summed E-state index contributed by atoms with van der Waals surface area (Å²) in [5, 5.41) is 49.9. The highest BCUT2D eigenvalue weighted by Gasteiger charge is 2.85. The number of nitrogens with one attached hydrogen (secondary N) is 2. The zero-order valence-corrected chi connectivity index (χ0v) is 48.4. The monoisotopic (exact) mass is 1130 g/mol. The number of hydrogen-bond donors (Lipinski definition) is 6. The van der Waals surface area contributed by atoms with Gasteiger partial charge in [-0.15, -0.1) is 0 Å². The Balaban J connectivity index is 1.20. The van der Waals surface area contributed by atoms with E-state index < -0.39 is 125 Å². The molecule has 18 heteroatoms. The van der Waals surface area contributed by atoms with Gasteiger partial charge in [0.05, 0.1) is 23.7 Å². The molecular formula is C64H78N2O16. The highest BCUT2D eigenvalue weighted by molar-refractivity contribution is 6.11. The summed E-state index contributed by atoms with van der Waals surface area (Å²) in [6.07, 6.45) is 1.86. The molecule has 3 aromatic carbocycles. The maximum atomic E-state index is 16.8. The number of aliphatic hydroxyl groups is 4. The summed E-state index contributed by atoms with van der Waals surface area (Å²) in [6, 6.07) is 15.0. The molecule has 4 aliphatic heterocycles. The molecule has 5 fully saturated rings. The van der Waals surface area contributed by atoms with Gasteiger partial charge in [0.15, 0.2) is 22.8 Å². The number of esters is 2. The van der Waals surface area contributed by atoms with Crippen molar-refractivity contribution in [3.63, 3.8) is 0 Å². The van der Waals surface area contributed by atoms with Gasteiger partial charge in [-0.25, -0.2) is 4.79 Å². The van der Waals surface area contributed by atoms with E-state index in [9.17, 15) is 34.8 Å². The highest BCUT2D eigenvalue weighted by Crippen LogP contribution is 2.70. The van der Waals surface area contributed by atoms with Gasteiger partial charge >= 0.3 is 11.9 Å². The number of ether oxygens (including phenoxy) is 7. The molecular weight excluding hydrogens is 1050 g/mol. The number of ketones is 2. The highest BCUT2D eigenvalue weighted by atomic mass is 16.7. The van der Waals surface area contributed by atoms with E-state index >= 15 is 9.59 Å². The summed E-state index contributed by atoms with van der Waals surface area (Å²) in [5.74, 6) is -5.83. The maximum Gasteiger partial charge on any atom is 0.328 e. The van der Waals surface area contributed by atoms with Crippen LogP contribution < -0.4 is 24.8 Å². The molecule has 3 aromatic rings. The normalized spacial score (nSPS) is 30.8. The second-order valence-electron chi connectivity index (χ2n) is 24.0. The van der Waals surface area contributed by atoms with Gasteiger partial charge < -0.3 is 64.2 Å². The van der Waals surface area contributed by atoms with E-state index in [1.165, 1.54) is 6.92 Å². The van der Waals surface area contributed by atoms with Crippen molar-refractivity contribution in [1.29, 1.82) is 0 Å². The molecule has 7 aliphatic rings. The minimum absolute atomic E-state index is 0.00165. The smallest absolute Gasteiger partial charge is 0.328 e. The third-order valence-corrected chi connectivity index (χ3v) is 17.1. The quantitative estimate of drug-likeness (QED) is 0.0393. The maximum absolute atomic E-state index is 16.8. The number of amides is 1. The minimum atomic E-state index is -1.97. The van der Waals surface area contributed by atoms with Gasteiger partial charge in [0.25, 0.3) is 0 Å². The van der Waals surface area contributed by atoms with Gasteiger partial charge in [0.1, 0.15) is 78.1 Å². The second kappa shape index (κ2) is 23.6. The van der Waals surface area contributed by atoms with Crippen molar-refractivity contribution < 1.29 is 77.6 Å². The first-order valence-electron chi connectivity index (χ1n) is 28.3. The summed E-state index contributed by atoms with van der Waals surface area (Å²) >= 11 is 0. The fourth-order valence-electron chi connectivity index (χ4n) is 12.8. The number of fused-ring (bicyclic) bond motifs is 2. The minimum Gasteiger partial charge on any atom is -0.482 e. The average Bonchev–Trinajstić information content (AvgIpc) is 1.37. The number of aliphatic hydroxyl groups excluding tert-OH is 4. The van der Waals surface area contributed by atoms with Crippen LogP contribution in [0, 0.1) is 17.8 Å². The second-order valence-corrected chi connectivity index (χ2v) is 24.0. The van der Waals surface area contributed by atoms with Gasteiger partial charge in [-0.3, -0.25) is 19.2 Å². The zero-order valence-electron chi connectivity index (χ0n) is 48.4. The van der Waals surface area contributed by atoms with E-state index in [2.05, 4.69) is 16.7 Å². The van der Waals surface area contributed by atoms with Crippen LogP contribution in [0.4, 0.5) is 0 Å². The predicted molar refractivity (Wildman–Crippen MR) is 301 cm³/mol. The van der Waals surface area contributed by atoms with Crippen molar-refractivity contribution in [2.75, 3.05) is 6.61 Å². The molecule has 4 heterocycles. The summed E-state index contributed by atoms with van der Waals surface area (Å²) in [4.78, 5) is 74.1. The van der Waals surface area contributed by atoms with Crippen LogP contribution >= 0.6 is 0 Å². The predicted octanol–water partition coefficient (Wildman–Crippen LogP) is 6.66. The fourth-order valence-corrected chi connectivity index (χ4v) is 12.8. The van der Waals surface area contributed by atoms with Crippen LogP contribution in [0.2, 0.25) is 0 Å². The summed E-state index contributed by atoms with van der Waals surface area (Å²) < 4.78 is 46.1.